The van der Waals surface area contributed by atoms with Crippen molar-refractivity contribution in [3.05, 3.63) is 51.4 Å². The van der Waals surface area contributed by atoms with E-state index < -0.39 is 0 Å². The molecule has 7 heteroatoms. The molecule has 0 saturated carbocycles. The molecule has 0 unspecified atom stereocenters. The molecule has 1 saturated heterocycles. The maximum atomic E-state index is 12.5. The highest BCUT2D eigenvalue weighted by Gasteiger charge is 2.25. The SMILES string of the molecule is CCn1c(=S)n(C[NH+]2CCN(C(=O)c3cccs3)CC2)c2ccccc21. The van der Waals surface area contributed by atoms with Gasteiger partial charge in [-0.05, 0) is 42.7 Å². The number of benzene rings is 1. The quantitative estimate of drug-likeness (QED) is 0.697. The highest BCUT2D eigenvalue weighted by molar-refractivity contribution is 7.71. The molecule has 26 heavy (non-hydrogen) atoms. The number of hydrogen-bond donors (Lipinski definition) is 1. The van der Waals surface area contributed by atoms with Crippen LogP contribution < -0.4 is 4.90 Å². The molecule has 1 aliphatic heterocycles. The topological polar surface area (TPSA) is 34.6 Å². The summed E-state index contributed by atoms with van der Waals surface area (Å²) < 4.78 is 5.33. The molecule has 1 aliphatic rings. The smallest absolute Gasteiger partial charge is 0.264 e. The molecule has 5 nitrogen and oxygen atoms in total. The zero-order valence-corrected chi connectivity index (χ0v) is 16.5. The lowest BCUT2D eigenvalue weighted by molar-refractivity contribution is -0.926. The van der Waals surface area contributed by atoms with Gasteiger partial charge in [0.15, 0.2) is 11.4 Å². The fourth-order valence-electron chi connectivity index (χ4n) is 3.69. The zero-order valence-electron chi connectivity index (χ0n) is 14.9. The number of imidazole rings is 1. The summed E-state index contributed by atoms with van der Waals surface area (Å²) in [6.45, 7) is 7.36. The summed E-state index contributed by atoms with van der Waals surface area (Å²) in [6.07, 6.45) is 0. The Hall–Kier alpha value is -1.96. The predicted octanol–water partition coefficient (Wildman–Crippen LogP) is 2.25. The molecule has 0 bridgehead atoms. The number of carbonyl (C=O) groups excluding carboxylic acids is 1. The standard InChI is InChI=1S/C19H22N4OS2/c1-2-22-15-6-3-4-7-16(15)23(19(22)25)14-20-9-11-21(12-10-20)18(24)17-8-5-13-26-17/h3-8,13H,2,9-12,14H2,1H3/p+1. The summed E-state index contributed by atoms with van der Waals surface area (Å²) in [5.41, 5.74) is 2.40. The largest absolute Gasteiger partial charge is 0.327 e. The van der Waals surface area contributed by atoms with Crippen molar-refractivity contribution in [2.45, 2.75) is 20.1 Å². The lowest BCUT2D eigenvalue weighted by Gasteiger charge is -2.32. The minimum atomic E-state index is 0.165. The second-order valence-electron chi connectivity index (χ2n) is 6.62. The van der Waals surface area contributed by atoms with E-state index >= 15 is 0 Å². The lowest BCUT2D eigenvalue weighted by Crippen LogP contribution is -3.14. The number of piperazine rings is 1. The predicted molar refractivity (Wildman–Crippen MR) is 107 cm³/mol. The molecule has 0 atom stereocenters. The van der Waals surface area contributed by atoms with Gasteiger partial charge in [-0.3, -0.25) is 9.36 Å². The molecule has 2 aromatic heterocycles. The third kappa shape index (κ3) is 3.11. The van der Waals surface area contributed by atoms with E-state index in [4.69, 9.17) is 12.2 Å². The Bertz CT molecular complexity index is 965. The summed E-state index contributed by atoms with van der Waals surface area (Å²) >= 11 is 7.25. The van der Waals surface area contributed by atoms with Gasteiger partial charge in [0.25, 0.3) is 5.91 Å². The minimum absolute atomic E-state index is 0.165. The second-order valence-corrected chi connectivity index (χ2v) is 7.93. The Labute approximate surface area is 162 Å². The molecular formula is C19H23N4OS2+. The first-order chi connectivity index (χ1) is 12.7. The number of fused-ring (bicyclic) bond motifs is 1. The average Bonchev–Trinajstić information content (AvgIpc) is 3.29. The fraction of sp³-hybridized carbons (Fsp3) is 0.368. The van der Waals surface area contributed by atoms with E-state index in [1.807, 2.05) is 22.4 Å². The van der Waals surface area contributed by atoms with E-state index in [2.05, 4.69) is 40.3 Å². The lowest BCUT2D eigenvalue weighted by atomic mass is 10.3. The molecule has 1 aromatic carbocycles. The highest BCUT2D eigenvalue weighted by atomic mass is 32.1. The molecule has 3 heterocycles. The number of hydrogen-bond acceptors (Lipinski definition) is 3. The van der Waals surface area contributed by atoms with Gasteiger partial charge >= 0.3 is 0 Å². The first-order valence-electron chi connectivity index (χ1n) is 9.03. The Morgan fingerprint density at radius 3 is 2.42 bits per heavy atom. The molecule has 1 N–H and O–H groups in total. The first kappa shape index (κ1) is 17.5. The van der Waals surface area contributed by atoms with Crippen LogP contribution in [0.1, 0.15) is 16.6 Å². The van der Waals surface area contributed by atoms with Gasteiger partial charge in [0.2, 0.25) is 0 Å². The van der Waals surface area contributed by atoms with E-state index in [0.29, 0.717) is 0 Å². The fourth-order valence-corrected chi connectivity index (χ4v) is 4.78. The molecule has 0 spiro atoms. The number of nitrogens with zero attached hydrogens (tertiary/aromatic N) is 3. The van der Waals surface area contributed by atoms with E-state index in [-0.39, 0.29) is 5.91 Å². The molecule has 4 rings (SSSR count). The Morgan fingerprint density at radius 1 is 1.12 bits per heavy atom. The van der Waals surface area contributed by atoms with Gasteiger partial charge in [-0.2, -0.15) is 0 Å². The number of carbonyl (C=O) groups is 1. The Balaban J connectivity index is 1.48. The Kier molecular flexibility index (Phi) is 4.93. The number of amides is 1. The van der Waals surface area contributed by atoms with E-state index in [1.54, 1.807) is 0 Å². The van der Waals surface area contributed by atoms with Crippen molar-refractivity contribution in [3.63, 3.8) is 0 Å². The van der Waals surface area contributed by atoms with Gasteiger partial charge in [0.05, 0.1) is 42.1 Å². The molecule has 0 aliphatic carbocycles. The van der Waals surface area contributed by atoms with Crippen molar-refractivity contribution in [2.24, 2.45) is 0 Å². The number of para-hydroxylation sites is 2. The van der Waals surface area contributed by atoms with Crippen LogP contribution in [0.25, 0.3) is 11.0 Å². The van der Waals surface area contributed by atoms with Crippen molar-refractivity contribution in [1.29, 1.82) is 0 Å². The van der Waals surface area contributed by atoms with Gasteiger partial charge in [-0.15, -0.1) is 11.3 Å². The highest BCUT2D eigenvalue weighted by Crippen LogP contribution is 2.17. The summed E-state index contributed by atoms with van der Waals surface area (Å²) in [4.78, 5) is 16.8. The molecule has 3 aromatic rings. The number of aromatic nitrogens is 2. The van der Waals surface area contributed by atoms with Crippen LogP contribution in [0.4, 0.5) is 0 Å². The van der Waals surface area contributed by atoms with Crippen LogP contribution in [0.15, 0.2) is 41.8 Å². The van der Waals surface area contributed by atoms with Crippen molar-refractivity contribution < 1.29 is 9.69 Å². The molecule has 1 fully saturated rings. The summed E-state index contributed by atoms with van der Waals surface area (Å²) in [7, 11) is 0. The van der Waals surface area contributed by atoms with Crippen LogP contribution in [0.3, 0.4) is 0 Å². The van der Waals surface area contributed by atoms with Crippen LogP contribution in [0.2, 0.25) is 0 Å². The maximum Gasteiger partial charge on any atom is 0.264 e. The number of rotatable bonds is 4. The average molecular weight is 388 g/mol. The van der Waals surface area contributed by atoms with Gasteiger partial charge in [-0.25, -0.2) is 0 Å². The summed E-state index contributed by atoms with van der Waals surface area (Å²) in [5.74, 6) is 0.165. The number of thiophene rings is 1. The second kappa shape index (κ2) is 7.34. The van der Waals surface area contributed by atoms with E-state index in [9.17, 15) is 4.79 Å². The van der Waals surface area contributed by atoms with Crippen LogP contribution in [-0.2, 0) is 13.2 Å². The third-order valence-corrected chi connectivity index (χ3v) is 6.41. The maximum absolute atomic E-state index is 12.5. The summed E-state index contributed by atoms with van der Waals surface area (Å²) in [5, 5.41) is 1.96. The van der Waals surface area contributed by atoms with Gasteiger partial charge in [0.1, 0.15) is 0 Å². The molecular weight excluding hydrogens is 364 g/mol. The van der Waals surface area contributed by atoms with Crippen LogP contribution in [-0.4, -0.2) is 46.1 Å². The third-order valence-electron chi connectivity index (χ3n) is 5.11. The number of nitrogens with one attached hydrogen (secondary N) is 1. The first-order valence-corrected chi connectivity index (χ1v) is 10.3. The van der Waals surface area contributed by atoms with E-state index in [0.717, 1.165) is 49.0 Å². The summed E-state index contributed by atoms with van der Waals surface area (Å²) in [6, 6.07) is 12.3. The minimum Gasteiger partial charge on any atom is -0.327 e. The van der Waals surface area contributed by atoms with E-state index in [1.165, 1.54) is 27.3 Å². The van der Waals surface area contributed by atoms with Crippen LogP contribution >= 0.6 is 23.6 Å². The van der Waals surface area contributed by atoms with Crippen LogP contribution in [0.5, 0.6) is 0 Å². The Morgan fingerprint density at radius 2 is 1.81 bits per heavy atom. The molecule has 1 amide bonds. The van der Waals surface area contributed by atoms with Gasteiger partial charge < -0.3 is 14.4 Å². The van der Waals surface area contributed by atoms with Crippen molar-refractivity contribution in [2.75, 3.05) is 26.2 Å². The van der Waals surface area contributed by atoms with Crippen molar-refractivity contribution >= 4 is 40.5 Å². The molecule has 136 valence electrons. The van der Waals surface area contributed by atoms with Gasteiger partial charge in [-0.1, -0.05) is 18.2 Å². The van der Waals surface area contributed by atoms with Crippen LogP contribution in [0, 0.1) is 4.77 Å². The van der Waals surface area contributed by atoms with Crippen molar-refractivity contribution in [1.82, 2.24) is 14.0 Å². The zero-order chi connectivity index (χ0) is 18.1. The van der Waals surface area contributed by atoms with Crippen molar-refractivity contribution in [3.8, 4) is 0 Å². The molecule has 0 radical (unpaired) electrons. The monoisotopic (exact) mass is 387 g/mol. The number of quaternary nitrogens is 1. The van der Waals surface area contributed by atoms with Gasteiger partial charge in [0, 0.05) is 6.54 Å². The normalized spacial score (nSPS) is 15.7. The number of aryl methyl sites for hydroxylation is 1.